The second kappa shape index (κ2) is 12.5. The predicted molar refractivity (Wildman–Crippen MR) is 116 cm³/mol. The summed E-state index contributed by atoms with van der Waals surface area (Å²) in [7, 11) is 0. The number of hydrogen-bond acceptors (Lipinski definition) is 4. The van der Waals surface area contributed by atoms with Crippen molar-refractivity contribution in [3.63, 3.8) is 0 Å². The summed E-state index contributed by atoms with van der Waals surface area (Å²) in [4.78, 5) is 10.3. The Balaban J connectivity index is -0.000000147. The highest BCUT2D eigenvalue weighted by molar-refractivity contribution is 5.82. The number of nitrogens with zero attached hydrogens (tertiary/aromatic N) is 1. The third-order valence-electron chi connectivity index (χ3n) is 2.80. The zero-order valence-electron chi connectivity index (χ0n) is 14.7. The van der Waals surface area contributed by atoms with Crippen molar-refractivity contribution in [3.8, 4) is 59.9 Å². The van der Waals surface area contributed by atoms with Gasteiger partial charge in [0, 0.05) is 36.2 Å². The van der Waals surface area contributed by atoms with E-state index >= 15 is 0 Å². The van der Waals surface area contributed by atoms with Crippen LogP contribution in [0.2, 0.25) is 0 Å². The first-order valence-corrected chi connectivity index (χ1v) is 7.69. The zero-order chi connectivity index (χ0) is 20.6. The van der Waals surface area contributed by atoms with Gasteiger partial charge in [0.1, 0.15) is 11.9 Å². The van der Waals surface area contributed by atoms with Crippen LogP contribution in [-0.2, 0) is 9.53 Å². The number of terminal acetylenes is 1. The number of carbonyl (C=O) groups is 1. The highest BCUT2D eigenvalue weighted by atomic mass is 16.5. The van der Waals surface area contributed by atoms with Gasteiger partial charge < -0.3 is 9.84 Å². The Bertz CT molecular complexity index is 1110. The summed E-state index contributed by atoms with van der Waals surface area (Å²) >= 11 is 0. The molecule has 0 aliphatic heterocycles. The lowest BCUT2D eigenvalue weighted by Crippen LogP contribution is -1.91. The minimum absolute atomic E-state index is 0. The van der Waals surface area contributed by atoms with E-state index in [-0.39, 0.29) is 12.9 Å². The minimum Gasteiger partial charge on any atom is -0.508 e. The molecule has 0 spiro atoms. The van der Waals surface area contributed by atoms with Gasteiger partial charge in [-0.3, -0.25) is 0 Å². The molecule has 0 heterocycles. The maximum absolute atomic E-state index is 10.3. The normalized spacial score (nSPS) is 7.50. The summed E-state index contributed by atoms with van der Waals surface area (Å²) in [6.45, 7) is 3.16. The van der Waals surface area contributed by atoms with Crippen molar-refractivity contribution in [2.24, 2.45) is 0 Å². The summed E-state index contributed by atoms with van der Waals surface area (Å²) in [5.41, 5.74) is 2.32. The molecule has 0 aromatic heterocycles. The number of rotatable bonds is 1. The molecule has 0 saturated heterocycles. The average Bonchev–Trinajstić information content (AvgIpc) is 2.74. The van der Waals surface area contributed by atoms with Gasteiger partial charge in [-0.2, -0.15) is 5.26 Å². The molecule has 0 fully saturated rings. The second-order valence-corrected chi connectivity index (χ2v) is 4.73. The van der Waals surface area contributed by atoms with Crippen LogP contribution in [0.5, 0.6) is 5.75 Å². The Morgan fingerprint density at radius 2 is 1.54 bits per heavy atom. The minimum atomic E-state index is -0.611. The van der Waals surface area contributed by atoms with Gasteiger partial charge in [-0.15, -0.1) is 6.42 Å². The topological polar surface area (TPSA) is 70.3 Å². The first-order valence-electron chi connectivity index (χ1n) is 7.69. The number of benzene rings is 2. The first-order chi connectivity index (χ1) is 13.6. The Morgan fingerprint density at radius 1 is 1.00 bits per heavy atom. The van der Waals surface area contributed by atoms with Crippen LogP contribution in [0.4, 0.5) is 0 Å². The van der Waals surface area contributed by atoms with Gasteiger partial charge in [-0.25, -0.2) is 4.79 Å². The van der Waals surface area contributed by atoms with E-state index in [1.54, 1.807) is 36.4 Å². The molecule has 0 bridgehead atoms. The molecule has 2 aromatic rings. The summed E-state index contributed by atoms with van der Waals surface area (Å²) < 4.78 is 4.25. The standard InChI is InChI=1S/C15H9NO.C9H4O2.5H2/c16-11-14-5-3-12(4-6-14)1-2-13-7-9-15(17)10-8-13;1-3-5-6-7-8-11-9(10)4-2;;;;;/h3-10,17H;1,4H,2H2;5*1H. The van der Waals surface area contributed by atoms with E-state index in [4.69, 9.17) is 16.8 Å². The van der Waals surface area contributed by atoms with Gasteiger partial charge in [0.2, 0.25) is 0 Å². The Hall–Kier alpha value is -4.82. The van der Waals surface area contributed by atoms with Crippen molar-refractivity contribution in [2.75, 3.05) is 0 Å². The van der Waals surface area contributed by atoms with Crippen molar-refractivity contribution < 1.29 is 21.8 Å². The number of aromatic hydroxyl groups is 1. The smallest absolute Gasteiger partial charge is 0.344 e. The van der Waals surface area contributed by atoms with Crippen LogP contribution in [0.25, 0.3) is 0 Å². The zero-order valence-corrected chi connectivity index (χ0v) is 14.7. The van der Waals surface area contributed by atoms with Crippen molar-refractivity contribution >= 4 is 5.97 Å². The average molecular weight is 373 g/mol. The lowest BCUT2D eigenvalue weighted by molar-refractivity contribution is -0.131. The van der Waals surface area contributed by atoms with Crippen LogP contribution in [0.3, 0.4) is 0 Å². The highest BCUT2D eigenvalue weighted by Gasteiger charge is 1.90. The number of phenols is 1. The van der Waals surface area contributed by atoms with Gasteiger partial charge in [0.25, 0.3) is 0 Å². The van der Waals surface area contributed by atoms with Crippen LogP contribution in [-0.4, -0.2) is 11.1 Å². The molecule has 0 aliphatic carbocycles. The van der Waals surface area contributed by atoms with Gasteiger partial charge in [-0.1, -0.05) is 18.4 Å². The second-order valence-electron chi connectivity index (χ2n) is 4.73. The molecular weight excluding hydrogens is 350 g/mol. The van der Waals surface area contributed by atoms with Gasteiger partial charge in [0.05, 0.1) is 11.6 Å². The molecule has 0 unspecified atom stereocenters. The summed E-state index contributed by atoms with van der Waals surface area (Å²) in [6, 6.07) is 15.9. The maximum atomic E-state index is 10.3. The lowest BCUT2D eigenvalue weighted by Gasteiger charge is -1.92. The van der Waals surface area contributed by atoms with E-state index in [9.17, 15) is 4.79 Å². The molecule has 0 amide bonds. The molecule has 0 atom stereocenters. The SMILES string of the molecule is C#CC#CC#COC(=O)C=C.N#Cc1ccc(C#Cc2ccc(O)cc2)cc1.[HH].[HH].[HH].[HH].[HH]. The monoisotopic (exact) mass is 373 g/mol. The molecule has 0 radical (unpaired) electrons. The fraction of sp³-hybridized carbons (Fsp3) is 0. The largest absolute Gasteiger partial charge is 0.508 e. The number of phenolic OH excluding ortho intramolecular Hbond substituents is 1. The van der Waals surface area contributed by atoms with Crippen molar-refractivity contribution in [1.29, 1.82) is 5.26 Å². The third-order valence-corrected chi connectivity index (χ3v) is 2.80. The molecule has 0 saturated carbocycles. The number of ether oxygens (including phenoxy) is 1. The molecule has 1 N–H and O–H groups in total. The lowest BCUT2D eigenvalue weighted by atomic mass is 10.1. The van der Waals surface area contributed by atoms with Crippen LogP contribution in [0.15, 0.2) is 61.2 Å². The van der Waals surface area contributed by atoms with Crippen LogP contribution in [0, 0.1) is 59.4 Å². The van der Waals surface area contributed by atoms with Crippen molar-refractivity contribution in [3.05, 3.63) is 77.9 Å². The number of esters is 1. The van der Waals surface area contributed by atoms with E-state index in [0.29, 0.717) is 5.56 Å². The van der Waals surface area contributed by atoms with E-state index in [1.165, 1.54) is 0 Å². The van der Waals surface area contributed by atoms with E-state index in [2.05, 4.69) is 47.0 Å². The molecule has 4 nitrogen and oxygen atoms in total. The van der Waals surface area contributed by atoms with Crippen molar-refractivity contribution in [2.45, 2.75) is 0 Å². The molecular formula is C24H23NO3. The van der Waals surface area contributed by atoms with Crippen molar-refractivity contribution in [1.82, 2.24) is 0 Å². The maximum Gasteiger partial charge on any atom is 0.344 e. The number of hydrogen-bond donors (Lipinski definition) is 1. The summed E-state index contributed by atoms with van der Waals surface area (Å²) in [6.07, 6.45) is 7.82. The first kappa shape index (κ1) is 21.2. The Kier molecular flexibility index (Phi) is 9.50. The fourth-order valence-electron chi connectivity index (χ4n) is 1.53. The molecule has 4 heteroatoms. The fourth-order valence-corrected chi connectivity index (χ4v) is 1.53. The summed E-state index contributed by atoms with van der Waals surface area (Å²) in [5.74, 6) is 14.3. The highest BCUT2D eigenvalue weighted by Crippen LogP contribution is 2.08. The van der Waals surface area contributed by atoms with Gasteiger partial charge in [-0.05, 0) is 60.4 Å². The number of carbonyl (C=O) groups excluding carboxylic acids is 1. The van der Waals surface area contributed by atoms with Crippen LogP contribution < -0.4 is 0 Å². The molecule has 0 aliphatic rings. The molecule has 2 rings (SSSR count). The molecule has 28 heavy (non-hydrogen) atoms. The Labute approximate surface area is 171 Å². The molecule has 142 valence electrons. The predicted octanol–water partition coefficient (Wildman–Crippen LogP) is 4.21. The Morgan fingerprint density at radius 3 is 2.04 bits per heavy atom. The number of nitriles is 1. The molecule has 2 aromatic carbocycles. The van der Waals surface area contributed by atoms with E-state index < -0.39 is 5.97 Å². The summed E-state index contributed by atoms with van der Waals surface area (Å²) in [5, 5.41) is 17.8. The third kappa shape index (κ3) is 8.87. The van der Waals surface area contributed by atoms with Crippen LogP contribution in [0.1, 0.15) is 23.8 Å². The van der Waals surface area contributed by atoms with Gasteiger partial charge in [0.15, 0.2) is 0 Å². The van der Waals surface area contributed by atoms with Crippen LogP contribution >= 0.6 is 0 Å². The van der Waals surface area contributed by atoms with E-state index in [0.717, 1.165) is 17.2 Å². The van der Waals surface area contributed by atoms with E-state index in [1.807, 2.05) is 24.2 Å². The quantitative estimate of drug-likeness (QED) is 0.462. The van der Waals surface area contributed by atoms with Gasteiger partial charge >= 0.3 is 5.97 Å².